The number of ether oxygens (including phenoxy) is 1. The zero-order valence-corrected chi connectivity index (χ0v) is 17.3. The van der Waals surface area contributed by atoms with Crippen molar-refractivity contribution in [2.75, 3.05) is 27.2 Å². The molecule has 7 nitrogen and oxygen atoms in total. The highest BCUT2D eigenvalue weighted by molar-refractivity contribution is 5.94. The molecule has 0 bridgehead atoms. The predicted molar refractivity (Wildman–Crippen MR) is 110 cm³/mol. The maximum atomic E-state index is 14.1. The van der Waals surface area contributed by atoms with E-state index in [1.54, 1.807) is 54.3 Å². The molecule has 3 rings (SSSR count). The third kappa shape index (κ3) is 5.87. The van der Waals surface area contributed by atoms with E-state index in [-0.39, 0.29) is 24.9 Å². The van der Waals surface area contributed by atoms with Crippen molar-refractivity contribution in [3.05, 3.63) is 77.2 Å². The van der Waals surface area contributed by atoms with Crippen LogP contribution in [-0.4, -0.2) is 53.0 Å². The molecule has 1 amide bonds. The van der Waals surface area contributed by atoms with Crippen LogP contribution in [0, 0.1) is 12.7 Å². The van der Waals surface area contributed by atoms with Gasteiger partial charge in [-0.3, -0.25) is 4.79 Å². The minimum absolute atomic E-state index is 0.166. The number of carbonyl (C=O) groups excluding carboxylic acids is 1. The minimum atomic E-state index is -0.319. The summed E-state index contributed by atoms with van der Waals surface area (Å²) >= 11 is 0. The summed E-state index contributed by atoms with van der Waals surface area (Å²) < 4.78 is 24.6. The van der Waals surface area contributed by atoms with Crippen LogP contribution in [0.2, 0.25) is 0 Å². The normalized spacial score (nSPS) is 11.0. The molecule has 0 atom stereocenters. The summed E-state index contributed by atoms with van der Waals surface area (Å²) in [7, 11) is 3.87. The Kier molecular flexibility index (Phi) is 7.13. The monoisotopic (exact) mass is 412 g/mol. The van der Waals surface area contributed by atoms with Crippen LogP contribution in [-0.2, 0) is 13.2 Å². The molecule has 30 heavy (non-hydrogen) atoms. The average molecular weight is 412 g/mol. The number of benzene rings is 2. The molecule has 0 aliphatic heterocycles. The quantitative estimate of drug-likeness (QED) is 0.537. The van der Waals surface area contributed by atoms with Gasteiger partial charge in [-0.05, 0) is 44.4 Å². The summed E-state index contributed by atoms with van der Waals surface area (Å²) in [5, 5.41) is 3.77. The van der Waals surface area contributed by atoms with Gasteiger partial charge in [0.1, 0.15) is 11.6 Å². The predicted octanol–water partition coefficient (Wildman–Crippen LogP) is 3.30. The number of amides is 1. The van der Waals surface area contributed by atoms with Gasteiger partial charge in [0.2, 0.25) is 11.7 Å². The van der Waals surface area contributed by atoms with Crippen molar-refractivity contribution in [1.29, 1.82) is 0 Å². The third-order valence-electron chi connectivity index (χ3n) is 4.46. The minimum Gasteiger partial charge on any atom is -0.485 e. The van der Waals surface area contributed by atoms with Crippen LogP contribution in [0.5, 0.6) is 5.75 Å². The average Bonchev–Trinajstić information content (AvgIpc) is 3.16. The highest BCUT2D eigenvalue weighted by atomic mass is 19.1. The standard InChI is InChI=1S/C22H25FN4O3/c1-16-24-21(25-30-16)15-29-19-10-8-17(9-11-19)22(28)27(13-12-26(2)3)14-18-6-4-5-7-20(18)23/h4-11H,12-15H2,1-3H3. The number of aromatic nitrogens is 2. The van der Waals surface area contributed by atoms with Gasteiger partial charge in [0.25, 0.3) is 5.91 Å². The molecule has 0 N–H and O–H groups in total. The molecule has 0 aliphatic carbocycles. The van der Waals surface area contributed by atoms with Crippen molar-refractivity contribution in [3.63, 3.8) is 0 Å². The molecule has 158 valence electrons. The van der Waals surface area contributed by atoms with Gasteiger partial charge < -0.3 is 19.1 Å². The first-order chi connectivity index (χ1) is 14.4. The smallest absolute Gasteiger partial charge is 0.254 e. The number of aryl methyl sites for hydroxylation is 1. The fourth-order valence-corrected chi connectivity index (χ4v) is 2.83. The molecule has 0 fully saturated rings. The molecular weight excluding hydrogens is 387 g/mol. The van der Waals surface area contributed by atoms with Gasteiger partial charge >= 0.3 is 0 Å². The number of carbonyl (C=O) groups is 1. The van der Waals surface area contributed by atoms with Crippen molar-refractivity contribution in [3.8, 4) is 5.75 Å². The van der Waals surface area contributed by atoms with Gasteiger partial charge in [0.15, 0.2) is 6.61 Å². The summed E-state index contributed by atoms with van der Waals surface area (Å²) in [6.07, 6.45) is 0. The van der Waals surface area contributed by atoms with Crippen LogP contribution in [0.4, 0.5) is 4.39 Å². The number of hydrogen-bond acceptors (Lipinski definition) is 6. The summed E-state index contributed by atoms with van der Waals surface area (Å²) in [5.74, 6) is 1.03. The number of nitrogens with zero attached hydrogens (tertiary/aromatic N) is 4. The van der Waals surface area contributed by atoms with E-state index >= 15 is 0 Å². The van der Waals surface area contributed by atoms with Crippen LogP contribution in [0.3, 0.4) is 0 Å². The lowest BCUT2D eigenvalue weighted by Crippen LogP contribution is -2.36. The molecular formula is C22H25FN4O3. The van der Waals surface area contributed by atoms with E-state index < -0.39 is 0 Å². The SMILES string of the molecule is Cc1nc(COc2ccc(C(=O)N(CCN(C)C)Cc3ccccc3F)cc2)no1. The van der Waals surface area contributed by atoms with Crippen molar-refractivity contribution < 1.29 is 18.4 Å². The fourth-order valence-electron chi connectivity index (χ4n) is 2.83. The summed E-state index contributed by atoms with van der Waals surface area (Å²) in [6.45, 7) is 3.24. The maximum absolute atomic E-state index is 14.1. The molecule has 0 aliphatic rings. The van der Waals surface area contributed by atoms with Crippen molar-refractivity contribution in [1.82, 2.24) is 19.9 Å². The first kappa shape index (κ1) is 21.4. The van der Waals surface area contributed by atoms with Crippen molar-refractivity contribution >= 4 is 5.91 Å². The first-order valence-corrected chi connectivity index (χ1v) is 9.62. The van der Waals surface area contributed by atoms with E-state index in [2.05, 4.69) is 10.1 Å². The van der Waals surface area contributed by atoms with Gasteiger partial charge in [-0.25, -0.2) is 4.39 Å². The Balaban J connectivity index is 1.68. The number of likely N-dealkylation sites (N-methyl/N-ethyl adjacent to an activating group) is 1. The lowest BCUT2D eigenvalue weighted by Gasteiger charge is -2.25. The van der Waals surface area contributed by atoms with Crippen molar-refractivity contribution in [2.45, 2.75) is 20.1 Å². The van der Waals surface area contributed by atoms with E-state index in [0.29, 0.717) is 41.7 Å². The van der Waals surface area contributed by atoms with Crippen LogP contribution < -0.4 is 4.74 Å². The van der Waals surface area contributed by atoms with Crippen molar-refractivity contribution in [2.24, 2.45) is 0 Å². The Morgan fingerprint density at radius 1 is 1.10 bits per heavy atom. The zero-order valence-electron chi connectivity index (χ0n) is 17.3. The fraction of sp³-hybridized carbons (Fsp3) is 0.318. The highest BCUT2D eigenvalue weighted by Crippen LogP contribution is 2.17. The Labute approximate surface area is 175 Å². The van der Waals surface area contributed by atoms with E-state index in [9.17, 15) is 9.18 Å². The first-order valence-electron chi connectivity index (χ1n) is 9.62. The Bertz CT molecular complexity index is 973. The summed E-state index contributed by atoms with van der Waals surface area (Å²) in [6, 6.07) is 13.3. The molecule has 0 unspecified atom stereocenters. The molecule has 0 spiro atoms. The second-order valence-electron chi connectivity index (χ2n) is 7.16. The molecule has 0 saturated carbocycles. The van der Waals surface area contributed by atoms with Gasteiger partial charge in [-0.1, -0.05) is 23.4 Å². The van der Waals surface area contributed by atoms with Crippen LogP contribution in [0.1, 0.15) is 27.6 Å². The summed E-state index contributed by atoms with van der Waals surface area (Å²) in [4.78, 5) is 20.8. The molecule has 8 heteroatoms. The molecule has 1 aromatic heterocycles. The molecule has 1 heterocycles. The van der Waals surface area contributed by atoms with Crippen LogP contribution in [0.15, 0.2) is 53.1 Å². The van der Waals surface area contributed by atoms with E-state index in [1.165, 1.54) is 6.07 Å². The third-order valence-corrected chi connectivity index (χ3v) is 4.46. The Hall–Kier alpha value is -3.26. The van der Waals surface area contributed by atoms with E-state index in [1.807, 2.05) is 19.0 Å². The lowest BCUT2D eigenvalue weighted by molar-refractivity contribution is 0.0730. The van der Waals surface area contributed by atoms with Gasteiger partial charge in [0.05, 0.1) is 0 Å². The zero-order chi connectivity index (χ0) is 21.5. The topological polar surface area (TPSA) is 71.7 Å². The molecule has 3 aromatic rings. The van der Waals surface area contributed by atoms with E-state index in [0.717, 1.165) is 0 Å². The summed E-state index contributed by atoms with van der Waals surface area (Å²) in [5.41, 5.74) is 0.993. The maximum Gasteiger partial charge on any atom is 0.254 e. The largest absolute Gasteiger partial charge is 0.485 e. The Morgan fingerprint density at radius 2 is 1.83 bits per heavy atom. The molecule has 0 radical (unpaired) electrons. The van der Waals surface area contributed by atoms with Gasteiger partial charge in [-0.2, -0.15) is 4.98 Å². The molecule has 0 saturated heterocycles. The van der Waals surface area contributed by atoms with Crippen LogP contribution in [0.25, 0.3) is 0 Å². The second kappa shape index (κ2) is 9.98. The van der Waals surface area contributed by atoms with Gasteiger partial charge in [-0.15, -0.1) is 0 Å². The van der Waals surface area contributed by atoms with Crippen LogP contribution >= 0.6 is 0 Å². The molecule has 2 aromatic carbocycles. The lowest BCUT2D eigenvalue weighted by atomic mass is 10.1. The highest BCUT2D eigenvalue weighted by Gasteiger charge is 2.18. The second-order valence-corrected chi connectivity index (χ2v) is 7.16. The number of rotatable bonds is 9. The van der Waals surface area contributed by atoms with Gasteiger partial charge in [0, 0.05) is 37.7 Å². The Morgan fingerprint density at radius 3 is 2.47 bits per heavy atom. The number of hydrogen-bond donors (Lipinski definition) is 0. The van der Waals surface area contributed by atoms with E-state index in [4.69, 9.17) is 9.26 Å². The number of halogens is 1.